The molecule has 0 spiro atoms. The maximum atomic E-state index is 11.7. The fourth-order valence-electron chi connectivity index (χ4n) is 2.82. The summed E-state index contributed by atoms with van der Waals surface area (Å²) in [7, 11) is 0. The van der Waals surface area contributed by atoms with E-state index in [0.717, 1.165) is 28.0 Å². The van der Waals surface area contributed by atoms with Crippen molar-refractivity contribution in [3.05, 3.63) is 48.7 Å². The van der Waals surface area contributed by atoms with Crippen LogP contribution in [0.15, 0.2) is 48.7 Å². The molecule has 2 aromatic carbocycles. The molecule has 21 heavy (non-hydrogen) atoms. The summed E-state index contributed by atoms with van der Waals surface area (Å²) in [6, 6.07) is 14.4. The minimum absolute atomic E-state index is 0.0539. The lowest BCUT2D eigenvalue weighted by Gasteiger charge is -2.14. The Balaban J connectivity index is 1.88. The number of fused-ring (bicyclic) bond motifs is 2. The zero-order valence-electron chi connectivity index (χ0n) is 11.4. The molecule has 0 fully saturated rings. The van der Waals surface area contributed by atoms with E-state index in [9.17, 15) is 4.79 Å². The van der Waals surface area contributed by atoms with Gasteiger partial charge in [0.25, 0.3) is 0 Å². The van der Waals surface area contributed by atoms with Gasteiger partial charge in [0.2, 0.25) is 5.91 Å². The summed E-state index contributed by atoms with van der Waals surface area (Å²) in [6.45, 7) is 0.653. The molecular weight excluding hydrogens is 262 g/mol. The van der Waals surface area contributed by atoms with Crippen molar-refractivity contribution in [2.45, 2.75) is 6.42 Å². The van der Waals surface area contributed by atoms with Crippen LogP contribution in [0.4, 0.5) is 11.4 Å². The second-order valence-electron chi connectivity index (χ2n) is 5.23. The van der Waals surface area contributed by atoms with E-state index >= 15 is 0 Å². The van der Waals surface area contributed by atoms with Gasteiger partial charge in [0.15, 0.2) is 0 Å². The average molecular weight is 277 g/mol. The molecule has 1 aliphatic heterocycles. The summed E-state index contributed by atoms with van der Waals surface area (Å²) in [5, 5.41) is 7.52. The SMILES string of the molecule is O=C1CCNc2c(cccc2-c2ccc3cc[nH]c3c2)N1. The highest BCUT2D eigenvalue weighted by Gasteiger charge is 2.16. The van der Waals surface area contributed by atoms with Gasteiger partial charge in [0.05, 0.1) is 11.4 Å². The molecule has 2 heterocycles. The summed E-state index contributed by atoms with van der Waals surface area (Å²) in [4.78, 5) is 14.9. The predicted octanol–water partition coefficient (Wildman–Crippen LogP) is 3.59. The zero-order valence-corrected chi connectivity index (χ0v) is 11.4. The Bertz CT molecular complexity index is 835. The van der Waals surface area contributed by atoms with E-state index in [0.29, 0.717) is 13.0 Å². The standard InChI is InChI=1S/C17H15N3O/c21-16-7-9-19-17-13(2-1-3-14(17)20-16)12-5-4-11-6-8-18-15(11)10-12/h1-6,8,10,18-19H,7,9H2,(H,20,21). The molecule has 4 rings (SSSR count). The largest absolute Gasteiger partial charge is 0.382 e. The van der Waals surface area contributed by atoms with Gasteiger partial charge in [-0.25, -0.2) is 0 Å². The number of hydrogen-bond acceptors (Lipinski definition) is 2. The molecule has 1 amide bonds. The fraction of sp³-hybridized carbons (Fsp3) is 0.118. The van der Waals surface area contributed by atoms with Crippen LogP contribution in [0.5, 0.6) is 0 Å². The molecule has 0 saturated heterocycles. The second kappa shape index (κ2) is 4.66. The van der Waals surface area contributed by atoms with Crippen LogP contribution in [0.3, 0.4) is 0 Å². The van der Waals surface area contributed by atoms with Crippen LogP contribution in [0.2, 0.25) is 0 Å². The van der Waals surface area contributed by atoms with Crippen LogP contribution in [-0.4, -0.2) is 17.4 Å². The number of nitrogens with one attached hydrogen (secondary N) is 3. The minimum atomic E-state index is 0.0539. The maximum Gasteiger partial charge on any atom is 0.226 e. The normalized spacial score (nSPS) is 14.2. The van der Waals surface area contributed by atoms with Crippen molar-refractivity contribution < 1.29 is 4.79 Å². The molecule has 0 atom stereocenters. The molecule has 3 aromatic rings. The molecule has 0 bridgehead atoms. The third kappa shape index (κ3) is 2.05. The topological polar surface area (TPSA) is 56.9 Å². The Kier molecular flexibility index (Phi) is 2.67. The highest BCUT2D eigenvalue weighted by atomic mass is 16.1. The maximum absolute atomic E-state index is 11.7. The Morgan fingerprint density at radius 2 is 2.00 bits per heavy atom. The number of hydrogen-bond donors (Lipinski definition) is 3. The van der Waals surface area contributed by atoms with Gasteiger partial charge in [0.1, 0.15) is 0 Å². The monoisotopic (exact) mass is 277 g/mol. The van der Waals surface area contributed by atoms with Gasteiger partial charge >= 0.3 is 0 Å². The van der Waals surface area contributed by atoms with Crippen molar-refractivity contribution in [1.29, 1.82) is 0 Å². The number of carbonyl (C=O) groups excluding carboxylic acids is 1. The summed E-state index contributed by atoms with van der Waals surface area (Å²) in [5.41, 5.74) is 5.19. The second-order valence-corrected chi connectivity index (χ2v) is 5.23. The van der Waals surface area contributed by atoms with E-state index in [-0.39, 0.29) is 5.91 Å². The molecule has 0 radical (unpaired) electrons. The van der Waals surface area contributed by atoms with Crippen molar-refractivity contribution in [1.82, 2.24) is 4.98 Å². The lowest BCUT2D eigenvalue weighted by atomic mass is 10.0. The van der Waals surface area contributed by atoms with E-state index in [1.165, 1.54) is 5.39 Å². The number of benzene rings is 2. The number of H-pyrrole nitrogens is 1. The first-order valence-electron chi connectivity index (χ1n) is 7.05. The molecule has 1 aromatic heterocycles. The van der Waals surface area contributed by atoms with Crippen molar-refractivity contribution in [2.75, 3.05) is 17.2 Å². The van der Waals surface area contributed by atoms with E-state index in [1.54, 1.807) is 0 Å². The third-order valence-electron chi connectivity index (χ3n) is 3.86. The van der Waals surface area contributed by atoms with Gasteiger partial charge in [-0.2, -0.15) is 0 Å². The van der Waals surface area contributed by atoms with Crippen LogP contribution >= 0.6 is 0 Å². The summed E-state index contributed by atoms with van der Waals surface area (Å²) in [6.07, 6.45) is 2.43. The molecule has 0 aliphatic carbocycles. The minimum Gasteiger partial charge on any atom is -0.382 e. The average Bonchev–Trinajstić information content (AvgIpc) is 2.87. The van der Waals surface area contributed by atoms with E-state index < -0.39 is 0 Å². The Labute approximate surface area is 122 Å². The smallest absolute Gasteiger partial charge is 0.226 e. The number of amides is 1. The van der Waals surface area contributed by atoms with Crippen LogP contribution in [0, 0.1) is 0 Å². The van der Waals surface area contributed by atoms with E-state index in [2.05, 4.69) is 45.9 Å². The number of anilines is 2. The molecule has 0 unspecified atom stereocenters. The number of aromatic amines is 1. The molecule has 0 saturated carbocycles. The Hall–Kier alpha value is -2.75. The summed E-state index contributed by atoms with van der Waals surface area (Å²) < 4.78 is 0. The van der Waals surface area contributed by atoms with Crippen molar-refractivity contribution >= 4 is 28.2 Å². The lowest BCUT2D eigenvalue weighted by Crippen LogP contribution is -2.10. The van der Waals surface area contributed by atoms with Gasteiger partial charge in [-0.15, -0.1) is 0 Å². The highest BCUT2D eigenvalue weighted by molar-refractivity contribution is 6.00. The van der Waals surface area contributed by atoms with Gasteiger partial charge < -0.3 is 15.6 Å². The molecular formula is C17H15N3O. The number of aromatic nitrogens is 1. The number of rotatable bonds is 1. The Morgan fingerprint density at radius 3 is 2.95 bits per heavy atom. The number of para-hydroxylation sites is 1. The first-order chi connectivity index (χ1) is 10.3. The lowest BCUT2D eigenvalue weighted by molar-refractivity contribution is -0.115. The van der Waals surface area contributed by atoms with Gasteiger partial charge in [-0.1, -0.05) is 24.3 Å². The highest BCUT2D eigenvalue weighted by Crippen LogP contribution is 2.36. The van der Waals surface area contributed by atoms with Crippen LogP contribution in [-0.2, 0) is 4.79 Å². The van der Waals surface area contributed by atoms with Gasteiger partial charge in [-0.05, 0) is 29.1 Å². The first kappa shape index (κ1) is 12.0. The first-order valence-corrected chi connectivity index (χ1v) is 7.05. The van der Waals surface area contributed by atoms with Gasteiger partial charge in [-0.3, -0.25) is 4.79 Å². The quantitative estimate of drug-likeness (QED) is 0.636. The predicted molar refractivity (Wildman–Crippen MR) is 85.5 cm³/mol. The van der Waals surface area contributed by atoms with Crippen LogP contribution < -0.4 is 10.6 Å². The van der Waals surface area contributed by atoms with Crippen LogP contribution in [0.25, 0.3) is 22.0 Å². The molecule has 4 heteroatoms. The van der Waals surface area contributed by atoms with Crippen molar-refractivity contribution in [3.63, 3.8) is 0 Å². The zero-order chi connectivity index (χ0) is 14.2. The Morgan fingerprint density at radius 1 is 1.05 bits per heavy atom. The fourth-order valence-corrected chi connectivity index (χ4v) is 2.82. The number of carbonyl (C=O) groups is 1. The van der Waals surface area contributed by atoms with Crippen molar-refractivity contribution in [2.24, 2.45) is 0 Å². The van der Waals surface area contributed by atoms with Gasteiger partial charge in [0, 0.05) is 30.2 Å². The van der Waals surface area contributed by atoms with Crippen LogP contribution in [0.1, 0.15) is 6.42 Å². The summed E-state index contributed by atoms with van der Waals surface area (Å²) >= 11 is 0. The van der Waals surface area contributed by atoms with E-state index in [1.807, 2.05) is 18.3 Å². The van der Waals surface area contributed by atoms with E-state index in [4.69, 9.17) is 0 Å². The third-order valence-corrected chi connectivity index (χ3v) is 3.86. The molecule has 1 aliphatic rings. The molecule has 104 valence electrons. The molecule has 3 N–H and O–H groups in total. The molecule has 4 nitrogen and oxygen atoms in total. The summed E-state index contributed by atoms with van der Waals surface area (Å²) in [5.74, 6) is 0.0539. The van der Waals surface area contributed by atoms with Crippen molar-refractivity contribution in [3.8, 4) is 11.1 Å².